The monoisotopic (exact) mass is 379 g/mol. The third kappa shape index (κ3) is 5.60. The highest BCUT2D eigenvalue weighted by molar-refractivity contribution is 7.92. The SMILES string of the molecule is CS(=O)(=O)Nc1ccc(C(F)(F)F)cc1NC(=O)C[C@@H]1CCC[C@H]1N. The highest BCUT2D eigenvalue weighted by atomic mass is 32.2. The molecule has 0 aliphatic heterocycles. The number of hydrogen-bond acceptors (Lipinski definition) is 4. The molecule has 0 spiro atoms. The van der Waals surface area contributed by atoms with Crippen LogP contribution in [-0.2, 0) is 21.0 Å². The van der Waals surface area contributed by atoms with Crippen LogP contribution < -0.4 is 15.8 Å². The molecule has 1 aromatic rings. The zero-order valence-electron chi connectivity index (χ0n) is 13.6. The van der Waals surface area contributed by atoms with Crippen LogP contribution in [-0.4, -0.2) is 26.6 Å². The molecule has 0 aromatic heterocycles. The molecule has 140 valence electrons. The van der Waals surface area contributed by atoms with Crippen molar-refractivity contribution in [3.8, 4) is 0 Å². The fraction of sp³-hybridized carbons (Fsp3) is 0.533. The zero-order valence-corrected chi connectivity index (χ0v) is 14.4. The van der Waals surface area contributed by atoms with Gasteiger partial charge in [0, 0.05) is 12.5 Å². The third-order valence-electron chi connectivity index (χ3n) is 4.08. The van der Waals surface area contributed by atoms with E-state index in [0.29, 0.717) is 6.07 Å². The molecule has 10 heteroatoms. The number of sulfonamides is 1. The van der Waals surface area contributed by atoms with Crippen molar-refractivity contribution in [1.82, 2.24) is 0 Å². The van der Waals surface area contributed by atoms with Gasteiger partial charge in [-0.05, 0) is 37.0 Å². The molecule has 1 aliphatic carbocycles. The predicted octanol–water partition coefficient (Wildman–Crippen LogP) is 2.53. The minimum Gasteiger partial charge on any atom is -0.327 e. The first-order chi connectivity index (χ1) is 11.5. The van der Waals surface area contributed by atoms with E-state index in [0.717, 1.165) is 37.7 Å². The van der Waals surface area contributed by atoms with Crippen LogP contribution in [0.3, 0.4) is 0 Å². The Hall–Kier alpha value is -1.81. The summed E-state index contributed by atoms with van der Waals surface area (Å²) in [6.07, 6.45) is -1.17. The molecule has 0 saturated heterocycles. The minimum absolute atomic E-state index is 0.0304. The van der Waals surface area contributed by atoms with Crippen LogP contribution >= 0.6 is 0 Å². The second-order valence-electron chi connectivity index (χ2n) is 6.24. The topological polar surface area (TPSA) is 101 Å². The Labute approximate surface area is 144 Å². The number of benzene rings is 1. The van der Waals surface area contributed by atoms with Crippen molar-refractivity contribution in [3.63, 3.8) is 0 Å². The lowest BCUT2D eigenvalue weighted by Crippen LogP contribution is -2.28. The van der Waals surface area contributed by atoms with Crippen molar-refractivity contribution in [1.29, 1.82) is 0 Å². The van der Waals surface area contributed by atoms with Gasteiger partial charge in [-0.1, -0.05) is 6.42 Å². The summed E-state index contributed by atoms with van der Waals surface area (Å²) in [5, 5.41) is 2.37. The van der Waals surface area contributed by atoms with Gasteiger partial charge in [-0.25, -0.2) is 8.42 Å². The molecule has 0 unspecified atom stereocenters. The Morgan fingerprint density at radius 3 is 2.48 bits per heavy atom. The largest absolute Gasteiger partial charge is 0.416 e. The van der Waals surface area contributed by atoms with Crippen LogP contribution in [0.2, 0.25) is 0 Å². The highest BCUT2D eigenvalue weighted by Gasteiger charge is 2.32. The van der Waals surface area contributed by atoms with Crippen molar-refractivity contribution in [2.45, 2.75) is 37.9 Å². The standard InChI is InChI=1S/C15H20F3N3O3S/c1-25(23,24)21-12-6-5-10(15(16,17)18)8-13(12)20-14(22)7-9-3-2-4-11(9)19/h5-6,8-9,11,21H,2-4,7,19H2,1H3,(H,20,22)/t9-,11+/m0/s1. The minimum atomic E-state index is -4.61. The van der Waals surface area contributed by atoms with Gasteiger partial charge in [0.25, 0.3) is 0 Å². The number of rotatable bonds is 5. The van der Waals surface area contributed by atoms with Crippen LogP contribution in [0.1, 0.15) is 31.2 Å². The Morgan fingerprint density at radius 2 is 1.96 bits per heavy atom. The first kappa shape index (κ1) is 19.5. The second-order valence-corrected chi connectivity index (χ2v) is 7.99. The maximum atomic E-state index is 12.9. The Kier molecular flexibility index (Phi) is 5.62. The van der Waals surface area contributed by atoms with E-state index in [1.165, 1.54) is 0 Å². The van der Waals surface area contributed by atoms with Crippen molar-refractivity contribution in [2.75, 3.05) is 16.3 Å². The average molecular weight is 379 g/mol. The zero-order chi connectivity index (χ0) is 18.8. The molecular weight excluding hydrogens is 359 g/mol. The van der Waals surface area contributed by atoms with E-state index in [9.17, 15) is 26.4 Å². The van der Waals surface area contributed by atoms with Crippen molar-refractivity contribution in [2.24, 2.45) is 11.7 Å². The van der Waals surface area contributed by atoms with E-state index in [1.54, 1.807) is 0 Å². The molecule has 2 rings (SSSR count). The van der Waals surface area contributed by atoms with Crippen molar-refractivity contribution in [3.05, 3.63) is 23.8 Å². The molecule has 1 aliphatic rings. The number of nitrogens with two attached hydrogens (primary N) is 1. The summed E-state index contributed by atoms with van der Waals surface area (Å²) in [4.78, 5) is 12.2. The lowest BCUT2D eigenvalue weighted by atomic mass is 10.00. The fourth-order valence-corrected chi connectivity index (χ4v) is 3.45. The van der Waals surface area contributed by atoms with Crippen molar-refractivity contribution < 1.29 is 26.4 Å². The molecule has 2 atom stereocenters. The Bertz CT molecular complexity index is 750. The van der Waals surface area contributed by atoms with Crippen molar-refractivity contribution >= 4 is 27.3 Å². The summed E-state index contributed by atoms with van der Waals surface area (Å²) >= 11 is 0. The third-order valence-corrected chi connectivity index (χ3v) is 4.67. The summed E-state index contributed by atoms with van der Waals surface area (Å²) in [5.41, 5.74) is 4.54. The predicted molar refractivity (Wildman–Crippen MR) is 88.5 cm³/mol. The molecular formula is C15H20F3N3O3S. The average Bonchev–Trinajstić information content (AvgIpc) is 2.83. The van der Waals surface area contributed by atoms with Crippen LogP contribution in [0.25, 0.3) is 0 Å². The summed E-state index contributed by atoms with van der Waals surface area (Å²) in [7, 11) is -3.72. The molecule has 6 nitrogen and oxygen atoms in total. The lowest BCUT2D eigenvalue weighted by molar-refractivity contribution is -0.137. The Morgan fingerprint density at radius 1 is 1.28 bits per heavy atom. The maximum absolute atomic E-state index is 12.9. The summed E-state index contributed by atoms with van der Waals surface area (Å²) in [5.74, 6) is -0.532. The fourth-order valence-electron chi connectivity index (χ4n) is 2.87. The first-order valence-corrected chi connectivity index (χ1v) is 9.59. The van der Waals surface area contributed by atoms with Gasteiger partial charge in [-0.2, -0.15) is 13.2 Å². The lowest BCUT2D eigenvalue weighted by Gasteiger charge is -2.18. The molecule has 0 heterocycles. The number of carbonyl (C=O) groups excluding carboxylic acids is 1. The van der Waals surface area contributed by atoms with E-state index in [2.05, 4.69) is 10.0 Å². The summed E-state index contributed by atoms with van der Waals surface area (Å²) in [6, 6.07) is 2.32. The van der Waals surface area contributed by atoms with E-state index in [4.69, 9.17) is 5.73 Å². The van der Waals surface area contributed by atoms with E-state index in [-0.39, 0.29) is 29.8 Å². The number of amides is 1. The second kappa shape index (κ2) is 7.20. The maximum Gasteiger partial charge on any atom is 0.416 e. The number of halogens is 3. The van der Waals surface area contributed by atoms with Gasteiger partial charge < -0.3 is 11.1 Å². The number of hydrogen-bond donors (Lipinski definition) is 3. The molecule has 0 bridgehead atoms. The van der Waals surface area contributed by atoms with Crippen LogP contribution in [0.4, 0.5) is 24.5 Å². The number of anilines is 2. The molecule has 1 amide bonds. The van der Waals surface area contributed by atoms with Gasteiger partial charge in [0.15, 0.2) is 0 Å². The summed E-state index contributed by atoms with van der Waals surface area (Å²) in [6.45, 7) is 0. The van der Waals surface area contributed by atoms with E-state index >= 15 is 0 Å². The number of carbonyl (C=O) groups is 1. The van der Waals surface area contributed by atoms with Gasteiger partial charge in [0.1, 0.15) is 0 Å². The summed E-state index contributed by atoms with van der Waals surface area (Å²) < 4.78 is 63.5. The normalized spacial score (nSPS) is 21.2. The van der Waals surface area contributed by atoms with Gasteiger partial charge in [0.2, 0.25) is 15.9 Å². The van der Waals surface area contributed by atoms with Gasteiger partial charge >= 0.3 is 6.18 Å². The molecule has 1 aromatic carbocycles. The quantitative estimate of drug-likeness (QED) is 0.732. The highest BCUT2D eigenvalue weighted by Crippen LogP contribution is 2.35. The molecule has 0 radical (unpaired) electrons. The van der Waals surface area contributed by atoms with Crippen LogP contribution in [0.15, 0.2) is 18.2 Å². The number of nitrogens with one attached hydrogen (secondary N) is 2. The van der Waals surface area contributed by atoms with Gasteiger partial charge in [0.05, 0.1) is 23.2 Å². The van der Waals surface area contributed by atoms with Gasteiger partial charge in [-0.3, -0.25) is 9.52 Å². The van der Waals surface area contributed by atoms with Gasteiger partial charge in [-0.15, -0.1) is 0 Å². The number of alkyl halides is 3. The molecule has 25 heavy (non-hydrogen) atoms. The first-order valence-electron chi connectivity index (χ1n) is 7.70. The van der Waals surface area contributed by atoms with E-state index < -0.39 is 27.7 Å². The van der Waals surface area contributed by atoms with Crippen LogP contribution in [0.5, 0.6) is 0 Å². The Balaban J connectivity index is 2.24. The smallest absolute Gasteiger partial charge is 0.327 e. The van der Waals surface area contributed by atoms with E-state index in [1.807, 2.05) is 0 Å². The molecule has 1 saturated carbocycles. The molecule has 1 fully saturated rings. The van der Waals surface area contributed by atoms with Crippen LogP contribution in [0, 0.1) is 5.92 Å². The molecule has 4 N–H and O–H groups in total.